The maximum Gasteiger partial charge on any atom is 0.262 e. The van der Waals surface area contributed by atoms with Crippen molar-refractivity contribution < 1.29 is 14.4 Å². The SMILES string of the molecule is CC1(C)C(=O)Nc2ccc(-n3c(N)c4c(cc3=O)C(=O)NC4=O)cc21. The molecule has 8 heteroatoms. The molecule has 2 aliphatic rings. The molecule has 1 aromatic carbocycles. The van der Waals surface area contributed by atoms with Crippen molar-refractivity contribution in [2.24, 2.45) is 0 Å². The zero-order valence-corrected chi connectivity index (χ0v) is 13.5. The summed E-state index contributed by atoms with van der Waals surface area (Å²) in [5.41, 5.74) is 6.51. The Bertz CT molecular complexity index is 1070. The Hall–Kier alpha value is -3.42. The highest BCUT2D eigenvalue weighted by atomic mass is 16.2. The van der Waals surface area contributed by atoms with Gasteiger partial charge in [-0.15, -0.1) is 0 Å². The van der Waals surface area contributed by atoms with E-state index in [0.29, 0.717) is 11.4 Å². The summed E-state index contributed by atoms with van der Waals surface area (Å²) in [4.78, 5) is 48.2. The number of rotatable bonds is 1. The molecule has 3 heterocycles. The van der Waals surface area contributed by atoms with Crippen LogP contribution in [-0.2, 0) is 10.2 Å². The van der Waals surface area contributed by atoms with E-state index < -0.39 is 22.8 Å². The van der Waals surface area contributed by atoms with Crippen molar-refractivity contribution in [3.63, 3.8) is 0 Å². The maximum atomic E-state index is 12.5. The molecule has 2 aliphatic heterocycles. The molecule has 25 heavy (non-hydrogen) atoms. The van der Waals surface area contributed by atoms with Gasteiger partial charge in [-0.3, -0.25) is 29.1 Å². The van der Waals surface area contributed by atoms with Crippen molar-refractivity contribution in [2.45, 2.75) is 19.3 Å². The largest absolute Gasteiger partial charge is 0.384 e. The van der Waals surface area contributed by atoms with Gasteiger partial charge < -0.3 is 11.1 Å². The maximum absolute atomic E-state index is 12.5. The molecule has 4 rings (SSSR count). The highest BCUT2D eigenvalue weighted by molar-refractivity contribution is 6.23. The van der Waals surface area contributed by atoms with Crippen molar-refractivity contribution >= 4 is 29.2 Å². The minimum atomic E-state index is -0.756. The van der Waals surface area contributed by atoms with Gasteiger partial charge in [0.2, 0.25) is 5.91 Å². The second-order valence-corrected chi connectivity index (χ2v) is 6.58. The lowest BCUT2D eigenvalue weighted by molar-refractivity contribution is -0.119. The Morgan fingerprint density at radius 1 is 1.00 bits per heavy atom. The number of aromatic nitrogens is 1. The second-order valence-electron chi connectivity index (χ2n) is 6.58. The number of nitrogens with one attached hydrogen (secondary N) is 2. The number of fused-ring (bicyclic) bond motifs is 2. The third kappa shape index (κ3) is 1.87. The van der Waals surface area contributed by atoms with Gasteiger partial charge in [-0.2, -0.15) is 0 Å². The minimum absolute atomic E-state index is 0.0152. The molecular weight excluding hydrogens is 324 g/mol. The van der Waals surface area contributed by atoms with Gasteiger partial charge in [-0.05, 0) is 37.6 Å². The standard InChI is InChI=1S/C17H14N4O4/c1-17(2)9-5-7(3-4-10(9)19-16(17)25)21-11(22)6-8-12(13(21)18)15(24)20-14(8)23/h3-6H,18H2,1-2H3,(H,19,25)(H,20,23,24). The van der Waals surface area contributed by atoms with Gasteiger partial charge in [0.15, 0.2) is 0 Å². The normalized spacial score (nSPS) is 17.1. The molecule has 8 nitrogen and oxygen atoms in total. The summed E-state index contributed by atoms with van der Waals surface area (Å²) in [7, 11) is 0. The van der Waals surface area contributed by atoms with E-state index in [1.807, 2.05) is 0 Å². The second kappa shape index (κ2) is 4.56. The average Bonchev–Trinajstić information content (AvgIpc) is 2.94. The fourth-order valence-electron chi connectivity index (χ4n) is 3.24. The third-order valence-corrected chi connectivity index (χ3v) is 4.70. The van der Waals surface area contributed by atoms with E-state index in [2.05, 4.69) is 10.6 Å². The Morgan fingerprint density at radius 2 is 1.72 bits per heavy atom. The molecule has 1 aromatic heterocycles. The van der Waals surface area contributed by atoms with Crippen LogP contribution in [0.25, 0.3) is 5.69 Å². The predicted molar refractivity (Wildman–Crippen MR) is 89.9 cm³/mol. The number of nitrogens with two attached hydrogens (primary N) is 1. The minimum Gasteiger partial charge on any atom is -0.384 e. The summed E-state index contributed by atoms with van der Waals surface area (Å²) in [5, 5.41) is 4.91. The molecule has 0 atom stereocenters. The summed E-state index contributed by atoms with van der Waals surface area (Å²) in [5.74, 6) is -1.52. The van der Waals surface area contributed by atoms with E-state index in [4.69, 9.17) is 5.73 Å². The zero-order valence-electron chi connectivity index (χ0n) is 13.5. The molecule has 0 radical (unpaired) electrons. The average molecular weight is 338 g/mol. The first-order valence-corrected chi connectivity index (χ1v) is 7.59. The van der Waals surface area contributed by atoms with E-state index >= 15 is 0 Å². The van der Waals surface area contributed by atoms with Crippen LogP contribution in [0.4, 0.5) is 11.5 Å². The van der Waals surface area contributed by atoms with E-state index in [1.54, 1.807) is 32.0 Å². The zero-order chi connectivity index (χ0) is 18.1. The van der Waals surface area contributed by atoms with Crippen LogP contribution in [0.15, 0.2) is 29.1 Å². The molecule has 0 fully saturated rings. The topological polar surface area (TPSA) is 123 Å². The molecule has 0 spiro atoms. The van der Waals surface area contributed by atoms with Gasteiger partial charge in [-0.1, -0.05) is 0 Å². The fraction of sp³-hybridized carbons (Fsp3) is 0.176. The monoisotopic (exact) mass is 338 g/mol. The molecule has 2 aromatic rings. The number of anilines is 2. The number of hydrogen-bond acceptors (Lipinski definition) is 5. The van der Waals surface area contributed by atoms with Crippen molar-refractivity contribution in [3.05, 3.63) is 51.3 Å². The molecule has 0 aliphatic carbocycles. The first kappa shape index (κ1) is 15.1. The van der Waals surface area contributed by atoms with Crippen LogP contribution in [0.2, 0.25) is 0 Å². The van der Waals surface area contributed by atoms with Crippen LogP contribution >= 0.6 is 0 Å². The van der Waals surface area contributed by atoms with Gasteiger partial charge in [0, 0.05) is 11.8 Å². The number of imide groups is 1. The lowest BCUT2D eigenvalue weighted by Gasteiger charge is -2.17. The van der Waals surface area contributed by atoms with E-state index in [-0.39, 0.29) is 22.9 Å². The Morgan fingerprint density at radius 3 is 2.44 bits per heavy atom. The van der Waals surface area contributed by atoms with Crippen LogP contribution in [0.1, 0.15) is 40.1 Å². The van der Waals surface area contributed by atoms with Crippen molar-refractivity contribution in [1.29, 1.82) is 0 Å². The summed E-state index contributed by atoms with van der Waals surface area (Å²) in [6, 6.07) is 6.08. The van der Waals surface area contributed by atoms with Gasteiger partial charge in [0.25, 0.3) is 17.4 Å². The number of nitrogens with zero attached hydrogens (tertiary/aromatic N) is 1. The van der Waals surface area contributed by atoms with Crippen LogP contribution in [0.3, 0.4) is 0 Å². The van der Waals surface area contributed by atoms with Crippen LogP contribution in [0.5, 0.6) is 0 Å². The van der Waals surface area contributed by atoms with Crippen molar-refractivity contribution in [2.75, 3.05) is 11.1 Å². The van der Waals surface area contributed by atoms with Gasteiger partial charge in [0.05, 0.1) is 22.2 Å². The lowest BCUT2D eigenvalue weighted by Crippen LogP contribution is -2.27. The summed E-state index contributed by atoms with van der Waals surface area (Å²) < 4.78 is 1.16. The number of benzene rings is 1. The summed E-state index contributed by atoms with van der Waals surface area (Å²) >= 11 is 0. The summed E-state index contributed by atoms with van der Waals surface area (Å²) in [6.45, 7) is 3.55. The van der Waals surface area contributed by atoms with Gasteiger partial charge in [0.1, 0.15) is 5.82 Å². The molecule has 0 saturated heterocycles. The van der Waals surface area contributed by atoms with Crippen molar-refractivity contribution in [1.82, 2.24) is 9.88 Å². The molecule has 4 N–H and O–H groups in total. The number of amides is 3. The van der Waals surface area contributed by atoms with Gasteiger partial charge >= 0.3 is 0 Å². The number of carbonyl (C=O) groups excluding carboxylic acids is 3. The summed E-state index contributed by atoms with van der Waals surface area (Å²) in [6.07, 6.45) is 0. The van der Waals surface area contributed by atoms with Gasteiger partial charge in [-0.25, -0.2) is 0 Å². The first-order chi connectivity index (χ1) is 11.7. The van der Waals surface area contributed by atoms with Crippen LogP contribution in [-0.4, -0.2) is 22.3 Å². The lowest BCUT2D eigenvalue weighted by atomic mass is 9.86. The van der Waals surface area contributed by atoms with Crippen LogP contribution < -0.4 is 21.9 Å². The Labute approximate surface area is 141 Å². The molecule has 126 valence electrons. The van der Waals surface area contributed by atoms with Crippen molar-refractivity contribution in [3.8, 4) is 5.69 Å². The Kier molecular flexibility index (Phi) is 2.76. The first-order valence-electron chi connectivity index (χ1n) is 7.59. The number of hydrogen-bond donors (Lipinski definition) is 3. The molecule has 0 unspecified atom stereocenters. The number of nitrogen functional groups attached to an aromatic ring is 1. The van der Waals surface area contributed by atoms with E-state index in [1.165, 1.54) is 0 Å². The number of pyridine rings is 1. The molecule has 0 bridgehead atoms. The number of carbonyl (C=O) groups is 3. The quantitative estimate of drug-likeness (QED) is 0.655. The Balaban J connectivity index is 1.97. The smallest absolute Gasteiger partial charge is 0.262 e. The van der Waals surface area contributed by atoms with E-state index in [0.717, 1.165) is 16.2 Å². The fourth-order valence-corrected chi connectivity index (χ4v) is 3.24. The molecular formula is C17H14N4O4. The van der Waals surface area contributed by atoms with E-state index in [9.17, 15) is 19.2 Å². The third-order valence-electron chi connectivity index (χ3n) is 4.70. The highest BCUT2D eigenvalue weighted by Gasteiger charge is 2.39. The molecule has 0 saturated carbocycles. The predicted octanol–water partition coefficient (Wildman–Crippen LogP) is 0.533. The highest BCUT2D eigenvalue weighted by Crippen LogP contribution is 2.38. The molecule has 3 amide bonds. The van der Waals surface area contributed by atoms with Crippen LogP contribution in [0, 0.1) is 0 Å².